The fourth-order valence-corrected chi connectivity index (χ4v) is 11.6. The topological polar surface area (TPSA) is 138 Å². The number of aromatic nitrogens is 6. The molecule has 4 rings (SSSR count). The van der Waals surface area contributed by atoms with Crippen LogP contribution in [0.25, 0.3) is 0 Å². The van der Waals surface area contributed by atoms with Crippen LogP contribution < -0.4 is 40.9 Å². The van der Waals surface area contributed by atoms with Gasteiger partial charge in [0.1, 0.15) is 0 Å². The Morgan fingerprint density at radius 2 is 0.778 bits per heavy atom. The van der Waals surface area contributed by atoms with Gasteiger partial charge in [0.2, 0.25) is 35.7 Å². The molecule has 14 nitrogen and oxygen atoms in total. The first-order chi connectivity index (χ1) is 33.8. The second-order valence-electron chi connectivity index (χ2n) is 25.1. The van der Waals surface area contributed by atoms with Gasteiger partial charge in [-0.2, -0.15) is 29.9 Å². The molecule has 4 N–H and O–H groups in total. The van der Waals surface area contributed by atoms with Crippen molar-refractivity contribution in [2.24, 2.45) is 0 Å². The average Bonchev–Trinajstić information content (AvgIpc) is 3.24. The van der Waals surface area contributed by atoms with Gasteiger partial charge in [-0.3, -0.25) is 0 Å². The van der Waals surface area contributed by atoms with Crippen LogP contribution in [0.1, 0.15) is 200 Å². The summed E-state index contributed by atoms with van der Waals surface area (Å²) in [6.45, 7) is 52.6. The van der Waals surface area contributed by atoms with Crippen LogP contribution in [0.3, 0.4) is 0 Å². The maximum atomic E-state index is 5.31. The second-order valence-corrected chi connectivity index (χ2v) is 25.1. The summed E-state index contributed by atoms with van der Waals surface area (Å²) in [5.41, 5.74) is -0.633. The van der Waals surface area contributed by atoms with Crippen LogP contribution >= 0.6 is 0 Å². The van der Waals surface area contributed by atoms with E-state index in [-0.39, 0.29) is 45.3 Å². The zero-order valence-electron chi connectivity index (χ0n) is 48.3. The SMILES string of the molecule is C=CCN(CC=C)c1nc(NC(C)(C)CCCCC)nc(N(CCCCCCN(c2nc(NC(C)(C)CCCCC)nc(N(CC=C)CC=C)n2)C2CC(C)(C)NC(C)(C)C2)C2CC(C)(C)NC(C)(C)C2)n1. The van der Waals surface area contributed by atoms with E-state index in [2.05, 4.69) is 164 Å². The van der Waals surface area contributed by atoms with Crippen molar-refractivity contribution in [2.75, 3.05) is 69.5 Å². The van der Waals surface area contributed by atoms with E-state index in [9.17, 15) is 0 Å². The summed E-state index contributed by atoms with van der Waals surface area (Å²) in [6, 6.07) is 0.455. The monoisotopic (exact) mass is 997 g/mol. The highest BCUT2D eigenvalue weighted by Crippen LogP contribution is 2.36. The first-order valence-corrected chi connectivity index (χ1v) is 27.9. The minimum Gasteiger partial charge on any atom is -0.349 e. The summed E-state index contributed by atoms with van der Waals surface area (Å²) in [5, 5.41) is 15.4. The van der Waals surface area contributed by atoms with Crippen molar-refractivity contribution in [3.05, 3.63) is 50.6 Å². The lowest BCUT2D eigenvalue weighted by atomic mass is 9.79. The van der Waals surface area contributed by atoms with E-state index in [0.717, 1.165) is 102 Å². The molecule has 2 aromatic rings. The van der Waals surface area contributed by atoms with Gasteiger partial charge in [-0.1, -0.05) is 89.5 Å². The van der Waals surface area contributed by atoms with E-state index >= 15 is 0 Å². The number of nitrogens with one attached hydrogen (secondary N) is 4. The van der Waals surface area contributed by atoms with Crippen molar-refractivity contribution in [3.63, 3.8) is 0 Å². The molecule has 0 aliphatic carbocycles. The number of nitrogens with zero attached hydrogens (tertiary/aromatic N) is 10. The normalized spacial score (nSPS) is 17.7. The van der Waals surface area contributed by atoms with Crippen molar-refractivity contribution in [2.45, 2.75) is 245 Å². The zero-order chi connectivity index (χ0) is 53.4. The van der Waals surface area contributed by atoms with Crippen LogP contribution in [-0.4, -0.2) is 114 Å². The summed E-state index contributed by atoms with van der Waals surface area (Å²) >= 11 is 0. The number of piperidine rings is 2. The number of anilines is 6. The fraction of sp³-hybridized carbons (Fsp3) is 0.759. The van der Waals surface area contributed by atoms with Gasteiger partial charge in [0.15, 0.2) is 0 Å². The predicted molar refractivity (Wildman–Crippen MR) is 310 cm³/mol. The van der Waals surface area contributed by atoms with E-state index in [1.165, 1.54) is 25.7 Å². The third kappa shape index (κ3) is 19.5. The van der Waals surface area contributed by atoms with Gasteiger partial charge >= 0.3 is 0 Å². The maximum Gasteiger partial charge on any atom is 0.232 e. The molecule has 4 heterocycles. The van der Waals surface area contributed by atoms with Gasteiger partial charge in [-0.25, -0.2) is 0 Å². The van der Waals surface area contributed by atoms with Crippen molar-refractivity contribution < 1.29 is 0 Å². The summed E-state index contributed by atoms with van der Waals surface area (Å²) in [5.74, 6) is 3.99. The predicted octanol–water partition coefficient (Wildman–Crippen LogP) is 12.4. The molecule has 0 aromatic carbocycles. The van der Waals surface area contributed by atoms with Gasteiger partial charge in [0, 0.05) is 84.6 Å². The van der Waals surface area contributed by atoms with Crippen LogP contribution in [0.4, 0.5) is 35.7 Å². The molecule has 72 heavy (non-hydrogen) atoms. The molecule has 2 aliphatic heterocycles. The lowest BCUT2D eigenvalue weighted by Crippen LogP contribution is -2.62. The Morgan fingerprint density at radius 1 is 0.472 bits per heavy atom. The molecule has 2 saturated heterocycles. The average molecular weight is 998 g/mol. The van der Waals surface area contributed by atoms with Crippen LogP contribution in [0, 0.1) is 0 Å². The molecule has 2 aromatic heterocycles. The highest BCUT2D eigenvalue weighted by molar-refractivity contribution is 5.49. The van der Waals surface area contributed by atoms with Gasteiger partial charge < -0.3 is 40.9 Å². The highest BCUT2D eigenvalue weighted by atomic mass is 15.4. The number of hydrogen-bond acceptors (Lipinski definition) is 14. The minimum atomic E-state index is -0.188. The van der Waals surface area contributed by atoms with Crippen LogP contribution in [0.5, 0.6) is 0 Å². The number of rotatable bonds is 33. The minimum absolute atomic E-state index is 0.0642. The Kier molecular flexibility index (Phi) is 22.4. The Bertz CT molecular complexity index is 1810. The molecule has 0 spiro atoms. The third-order valence-corrected chi connectivity index (χ3v) is 14.2. The fourth-order valence-electron chi connectivity index (χ4n) is 11.6. The molecule has 0 bridgehead atoms. The van der Waals surface area contributed by atoms with E-state index in [0.29, 0.717) is 50.0 Å². The Hall–Kier alpha value is -4.30. The third-order valence-electron chi connectivity index (χ3n) is 14.2. The molecular formula is C58H104N14. The molecule has 0 atom stereocenters. The highest BCUT2D eigenvalue weighted by Gasteiger charge is 2.42. The molecule has 0 unspecified atom stereocenters. The van der Waals surface area contributed by atoms with Crippen LogP contribution in [-0.2, 0) is 0 Å². The second kappa shape index (κ2) is 26.8. The van der Waals surface area contributed by atoms with E-state index in [1.54, 1.807) is 0 Å². The molecule has 2 aliphatic rings. The summed E-state index contributed by atoms with van der Waals surface area (Å²) in [6.07, 6.45) is 24.8. The standard InChI is InChI=1S/C58H104N14/c1-19-25-29-33-53(7,8)65-47-59-49(69(35-21-3)36-22-4)63-51(61-47)71(45-41-55(11,12)67-56(13,14)42-45)39-31-27-28-32-40-72(46-43-57(15,16)68-58(17,18)44-46)52-62-48(66-54(9,10)34-30-26-20-2)60-50(64-52)70(37-23-5)38-24-6/h21-24,45-46,67-68H,3-6,19-20,25-44H2,1-2,7-18H3,(H,59,61,63,65)(H,60,62,64,66). The maximum absolute atomic E-state index is 5.31. The molecule has 2 fully saturated rings. The van der Waals surface area contributed by atoms with Crippen molar-refractivity contribution in [1.82, 2.24) is 40.5 Å². The van der Waals surface area contributed by atoms with E-state index in [4.69, 9.17) is 29.9 Å². The van der Waals surface area contributed by atoms with Gasteiger partial charge in [0.05, 0.1) is 0 Å². The molecule has 0 saturated carbocycles. The van der Waals surface area contributed by atoms with Crippen molar-refractivity contribution >= 4 is 35.7 Å². The van der Waals surface area contributed by atoms with Crippen molar-refractivity contribution in [3.8, 4) is 0 Å². The summed E-state index contributed by atoms with van der Waals surface area (Å²) in [4.78, 5) is 40.7. The van der Waals surface area contributed by atoms with E-state index in [1.807, 2.05) is 24.3 Å². The van der Waals surface area contributed by atoms with Gasteiger partial charge in [0.25, 0.3) is 0 Å². The first-order valence-electron chi connectivity index (χ1n) is 27.9. The van der Waals surface area contributed by atoms with Crippen molar-refractivity contribution in [1.29, 1.82) is 0 Å². The summed E-state index contributed by atoms with van der Waals surface area (Å²) < 4.78 is 0. The van der Waals surface area contributed by atoms with E-state index < -0.39 is 0 Å². The lowest BCUT2D eigenvalue weighted by molar-refractivity contribution is 0.156. The van der Waals surface area contributed by atoms with Crippen LogP contribution in [0.2, 0.25) is 0 Å². The molecule has 0 radical (unpaired) electrons. The lowest BCUT2D eigenvalue weighted by Gasteiger charge is -2.50. The summed E-state index contributed by atoms with van der Waals surface area (Å²) in [7, 11) is 0. The molecule has 0 amide bonds. The smallest absolute Gasteiger partial charge is 0.232 e. The number of unbranched alkanes of at least 4 members (excludes halogenated alkanes) is 7. The first kappa shape index (κ1) is 60.3. The zero-order valence-corrected chi connectivity index (χ0v) is 48.3. The molecule has 14 heteroatoms. The largest absolute Gasteiger partial charge is 0.349 e. The number of hydrogen-bond donors (Lipinski definition) is 4. The Morgan fingerprint density at radius 3 is 1.07 bits per heavy atom. The molecule has 406 valence electrons. The Labute approximate surface area is 439 Å². The molecular weight excluding hydrogens is 893 g/mol. The van der Waals surface area contributed by atoms with Gasteiger partial charge in [-0.05, 0) is 134 Å². The van der Waals surface area contributed by atoms with Crippen LogP contribution in [0.15, 0.2) is 50.6 Å². The Balaban J connectivity index is 1.70. The quantitative estimate of drug-likeness (QED) is 0.0398. The van der Waals surface area contributed by atoms with Gasteiger partial charge in [-0.15, -0.1) is 26.3 Å².